The maximum atomic E-state index is 15.9. The van der Waals surface area contributed by atoms with Gasteiger partial charge in [-0.05, 0) is 118 Å². The molecule has 102 heavy (non-hydrogen) atoms. The number of carbonyl (C=O) groups excluding carboxylic acids is 12. The zero-order valence-electron chi connectivity index (χ0n) is 61.6. The van der Waals surface area contributed by atoms with Gasteiger partial charge >= 0.3 is 6.18 Å². The first-order valence-corrected chi connectivity index (χ1v) is 37.3. The molecule has 12 amide bonds. The van der Waals surface area contributed by atoms with Gasteiger partial charge in [0.2, 0.25) is 70.9 Å². The minimum absolute atomic E-state index is 0.0169. The Hall–Kier alpha value is -7.10. The van der Waals surface area contributed by atoms with E-state index in [0.717, 1.165) is 78.2 Å². The fraction of sp³-hybridized carbons (Fsp3) is 0.753. The van der Waals surface area contributed by atoms with Gasteiger partial charge in [-0.25, -0.2) is 0 Å². The largest absolute Gasteiger partial charge is 0.417 e. The van der Waals surface area contributed by atoms with Crippen molar-refractivity contribution in [2.75, 3.05) is 88.7 Å². The Balaban J connectivity index is 1.17. The van der Waals surface area contributed by atoms with E-state index in [1.165, 1.54) is 79.9 Å². The molecule has 4 heterocycles. The third-order valence-corrected chi connectivity index (χ3v) is 22.9. The zero-order chi connectivity index (χ0) is 74.8. The Bertz CT molecular complexity index is 3220. The standard InChI is InChI=1S/C73H110ClF3N12O13/c1-44(2)35-55-64(94)79-62(45(3)4)69(99)83(7)40-60(92)81(5)41-61(93)85(9)56(37-46-21-14-12-15-22-46)67(97)82(6)39-58(90)78-53(31-27-47-26-30-51(52(74)36-47)73(75,76)77)66(96)88-34-20-25-54(88)65(95)80-72(32-18-19-33-72)71(101)87(11)63(48-23-16-13-17-24-48)70(100)86(10)57(38-59(91)84(55)8)68(98)89-49-28-29-50(89)43-102-42-49/h26,30,36,44-46,48-50,53-57,62-63H,12-25,27-29,31-35,37-43H2,1-11H3,(H,78,90)(H,79,94)(H,80,95)/t49?,50?,53-,54?,55-,56-,57-,62-,63-/m0/s1. The molecule has 4 saturated heterocycles. The summed E-state index contributed by atoms with van der Waals surface area (Å²) in [6, 6.07) is -6.34. The number of nitrogens with one attached hydrogen (secondary N) is 3. The molecule has 4 aliphatic heterocycles. The molecule has 1 spiro atoms. The Kier molecular flexibility index (Phi) is 27.7. The molecular weight excluding hydrogens is 1350 g/mol. The fourth-order valence-corrected chi connectivity index (χ4v) is 16.8. The molecule has 1 aromatic carbocycles. The van der Waals surface area contributed by atoms with E-state index in [1.54, 1.807) is 18.7 Å². The van der Waals surface area contributed by atoms with Gasteiger partial charge in [0.05, 0.1) is 61.9 Å². The lowest BCUT2D eigenvalue weighted by Crippen LogP contribution is -2.65. The zero-order valence-corrected chi connectivity index (χ0v) is 62.3. The normalized spacial score (nSPS) is 28.3. The minimum Gasteiger partial charge on any atom is -0.377 e. The Morgan fingerprint density at radius 1 is 0.627 bits per heavy atom. The number of hydrogen-bond donors (Lipinski definition) is 3. The summed E-state index contributed by atoms with van der Waals surface area (Å²) in [5.41, 5.74) is -2.35. The first-order valence-electron chi connectivity index (χ1n) is 36.9. The monoisotopic (exact) mass is 1450 g/mol. The second kappa shape index (κ2) is 35.1. The smallest absolute Gasteiger partial charge is 0.377 e. The number of amides is 12. The van der Waals surface area contributed by atoms with E-state index in [4.69, 9.17) is 16.3 Å². The quantitative estimate of drug-likeness (QED) is 0.265. The van der Waals surface area contributed by atoms with Crippen LogP contribution < -0.4 is 16.0 Å². The van der Waals surface area contributed by atoms with Crippen LogP contribution in [0.25, 0.3) is 0 Å². The number of likely N-dealkylation sites (N-methyl/N-ethyl adjacent to an activating group) is 7. The Morgan fingerprint density at radius 3 is 1.82 bits per heavy atom. The van der Waals surface area contributed by atoms with Crippen LogP contribution in [0.1, 0.15) is 180 Å². The molecule has 2 bridgehead atoms. The summed E-state index contributed by atoms with van der Waals surface area (Å²) in [4.78, 5) is 192. The van der Waals surface area contributed by atoms with Crippen LogP contribution in [-0.4, -0.2) is 264 Å². The second-order valence-electron chi connectivity index (χ2n) is 30.8. The van der Waals surface area contributed by atoms with Crippen molar-refractivity contribution in [3.8, 4) is 0 Å². The van der Waals surface area contributed by atoms with Gasteiger partial charge in [0.15, 0.2) is 0 Å². The van der Waals surface area contributed by atoms with E-state index in [9.17, 15) is 41.9 Å². The number of hydrogen-bond acceptors (Lipinski definition) is 13. The number of halogens is 4. The number of fused-ring (bicyclic) bond motifs is 3. The maximum absolute atomic E-state index is 15.9. The van der Waals surface area contributed by atoms with Gasteiger partial charge in [0.25, 0.3) is 0 Å². The van der Waals surface area contributed by atoms with E-state index in [0.29, 0.717) is 50.5 Å². The van der Waals surface area contributed by atoms with Gasteiger partial charge in [-0.2, -0.15) is 13.2 Å². The first kappa shape index (κ1) is 80.6. The van der Waals surface area contributed by atoms with Gasteiger partial charge in [-0.1, -0.05) is 110 Å². The number of benzene rings is 1. The number of morpholine rings is 1. The minimum atomic E-state index is -4.76. The average Bonchev–Trinajstić information content (AvgIpc) is 1.52. The molecule has 7 aliphatic rings. The Morgan fingerprint density at radius 2 is 1.23 bits per heavy atom. The van der Waals surface area contributed by atoms with E-state index in [1.807, 2.05) is 13.8 Å². The van der Waals surface area contributed by atoms with Crippen LogP contribution in [0.2, 0.25) is 5.02 Å². The molecule has 0 aromatic heterocycles. The highest BCUT2D eigenvalue weighted by molar-refractivity contribution is 6.31. The van der Waals surface area contributed by atoms with Crippen LogP contribution in [0.5, 0.6) is 0 Å². The molecule has 3 unspecified atom stereocenters. The summed E-state index contributed by atoms with van der Waals surface area (Å²) in [6.07, 6.45) is 5.54. The van der Waals surface area contributed by atoms with Crippen LogP contribution >= 0.6 is 11.6 Å². The molecule has 0 radical (unpaired) electrons. The van der Waals surface area contributed by atoms with Gasteiger partial charge in [-0.3, -0.25) is 57.5 Å². The maximum Gasteiger partial charge on any atom is 0.417 e. The van der Waals surface area contributed by atoms with Crippen molar-refractivity contribution in [1.29, 1.82) is 0 Å². The lowest BCUT2D eigenvalue weighted by molar-refractivity contribution is -0.159. The predicted octanol–water partition coefficient (Wildman–Crippen LogP) is 5.41. The highest BCUT2D eigenvalue weighted by Gasteiger charge is 2.53. The topological polar surface area (TPSA) is 279 Å². The summed E-state index contributed by atoms with van der Waals surface area (Å²) < 4.78 is 47.6. The SMILES string of the molecule is CC(C)C[C@H]1C(=O)N[C@@H](C(C)C)C(=O)N(C)CC(=O)N(C)CC(=O)N(C)[C@@H](CC2CCCCC2)C(=O)N(C)CC(=O)N[C@@H](CCc2ccc(C(F)(F)F)c(Cl)c2)C(=O)N2CCCC2C(=O)NC2(CCCC2)C(=O)N(C)[C@@H](C2CCCCC2)C(=O)N(C)[C@H](C(=O)N2C3CCC2COC3)CC(=O)N1C. The van der Waals surface area contributed by atoms with Crippen molar-refractivity contribution in [2.24, 2.45) is 23.7 Å². The van der Waals surface area contributed by atoms with E-state index < -0.39 is 173 Å². The van der Waals surface area contributed by atoms with Crippen LogP contribution in [0.4, 0.5) is 13.2 Å². The molecule has 3 saturated carbocycles. The third kappa shape index (κ3) is 19.2. The predicted molar refractivity (Wildman–Crippen MR) is 373 cm³/mol. The van der Waals surface area contributed by atoms with Crippen molar-refractivity contribution >= 4 is 82.5 Å². The van der Waals surface area contributed by atoms with Gasteiger partial charge in [0, 0.05) is 55.9 Å². The van der Waals surface area contributed by atoms with Gasteiger partial charge < -0.3 is 64.8 Å². The second-order valence-corrected chi connectivity index (χ2v) is 31.2. The summed E-state index contributed by atoms with van der Waals surface area (Å²) in [5, 5.41) is 8.15. The lowest BCUT2D eigenvalue weighted by Gasteiger charge is -2.44. The summed E-state index contributed by atoms with van der Waals surface area (Å²) in [6.45, 7) is 5.98. The van der Waals surface area contributed by atoms with Crippen molar-refractivity contribution in [3.05, 3.63) is 34.3 Å². The van der Waals surface area contributed by atoms with Crippen molar-refractivity contribution in [1.82, 2.24) is 60.0 Å². The third-order valence-electron chi connectivity index (χ3n) is 22.6. The van der Waals surface area contributed by atoms with Gasteiger partial charge in [0.1, 0.15) is 47.8 Å². The van der Waals surface area contributed by atoms with Crippen LogP contribution in [0.15, 0.2) is 18.2 Å². The molecule has 9 atom stereocenters. The molecule has 568 valence electrons. The highest BCUT2D eigenvalue weighted by atomic mass is 35.5. The number of ether oxygens (including phenoxy) is 1. The molecule has 1 aromatic rings. The number of aryl methyl sites for hydroxylation is 1. The molecule has 7 fully saturated rings. The van der Waals surface area contributed by atoms with E-state index in [-0.39, 0.29) is 88.6 Å². The summed E-state index contributed by atoms with van der Waals surface area (Å²) in [5.74, 6) is -8.92. The van der Waals surface area contributed by atoms with Crippen molar-refractivity contribution < 1.29 is 75.4 Å². The molecular formula is C73H110ClF3N12O13. The molecule has 29 heteroatoms. The van der Waals surface area contributed by atoms with Crippen LogP contribution in [-0.2, 0) is 74.9 Å². The van der Waals surface area contributed by atoms with Gasteiger partial charge in [-0.15, -0.1) is 0 Å². The first-order chi connectivity index (χ1) is 48.1. The van der Waals surface area contributed by atoms with E-state index in [2.05, 4.69) is 16.0 Å². The number of carbonyl (C=O) groups is 12. The van der Waals surface area contributed by atoms with Crippen LogP contribution in [0.3, 0.4) is 0 Å². The van der Waals surface area contributed by atoms with E-state index >= 15 is 28.8 Å². The summed E-state index contributed by atoms with van der Waals surface area (Å²) >= 11 is 6.17. The lowest BCUT2D eigenvalue weighted by atomic mass is 9.81. The molecule has 8 rings (SSSR count). The van der Waals surface area contributed by atoms with Crippen LogP contribution in [0, 0.1) is 23.7 Å². The molecule has 3 aliphatic carbocycles. The van der Waals surface area contributed by atoms with Crippen molar-refractivity contribution in [2.45, 2.75) is 241 Å². The highest BCUT2D eigenvalue weighted by Crippen LogP contribution is 2.39. The Labute approximate surface area is 603 Å². The molecule has 25 nitrogen and oxygen atoms in total. The molecule has 3 N–H and O–H groups in total. The average molecular weight is 1460 g/mol. The number of rotatable bonds is 10. The fourth-order valence-electron chi connectivity index (χ4n) is 16.5. The summed E-state index contributed by atoms with van der Waals surface area (Å²) in [7, 11) is 9.98. The van der Waals surface area contributed by atoms with Crippen molar-refractivity contribution in [3.63, 3.8) is 0 Å². The number of nitrogens with zero attached hydrogens (tertiary/aromatic N) is 9. The number of alkyl halides is 3.